The minimum Gasteiger partial charge on any atom is -0.331 e. The predicted octanol–water partition coefficient (Wildman–Crippen LogP) is 3.63. The van der Waals surface area contributed by atoms with Gasteiger partial charge in [-0.25, -0.2) is 4.98 Å². The zero-order valence-corrected chi connectivity index (χ0v) is 12.1. The lowest BCUT2D eigenvalue weighted by atomic mass is 10.0. The van der Waals surface area contributed by atoms with E-state index < -0.39 is 0 Å². The Morgan fingerprint density at radius 3 is 2.79 bits per heavy atom. The maximum absolute atomic E-state index is 4.54. The van der Waals surface area contributed by atoms with Crippen molar-refractivity contribution in [3.8, 4) is 11.4 Å². The summed E-state index contributed by atoms with van der Waals surface area (Å²) in [6.07, 6.45) is 5.07. The van der Waals surface area contributed by atoms with Gasteiger partial charge in [0.05, 0.1) is 0 Å². The number of rotatable bonds is 6. The van der Waals surface area contributed by atoms with Crippen LogP contribution >= 0.6 is 0 Å². The van der Waals surface area contributed by atoms with Crippen LogP contribution < -0.4 is 5.32 Å². The minimum atomic E-state index is 0.341. The summed E-state index contributed by atoms with van der Waals surface area (Å²) in [6, 6.07) is 8.88. The zero-order valence-electron chi connectivity index (χ0n) is 12.1. The maximum atomic E-state index is 4.54. The zero-order chi connectivity index (χ0) is 13.7. The van der Waals surface area contributed by atoms with Crippen molar-refractivity contribution in [2.45, 2.75) is 39.8 Å². The Morgan fingerprint density at radius 2 is 2.05 bits per heavy atom. The molecule has 0 aliphatic heterocycles. The molecule has 0 aliphatic rings. The van der Waals surface area contributed by atoms with E-state index in [0.29, 0.717) is 6.04 Å². The Bertz CT molecular complexity index is 516. The van der Waals surface area contributed by atoms with Crippen molar-refractivity contribution in [2.75, 3.05) is 6.54 Å². The van der Waals surface area contributed by atoms with E-state index in [4.69, 9.17) is 0 Å². The van der Waals surface area contributed by atoms with Crippen LogP contribution in [0.1, 0.15) is 38.8 Å². The van der Waals surface area contributed by atoms with Gasteiger partial charge in [0, 0.05) is 30.5 Å². The molecule has 1 atom stereocenters. The molecule has 3 heteroatoms. The first kappa shape index (κ1) is 13.8. The van der Waals surface area contributed by atoms with Crippen molar-refractivity contribution in [2.24, 2.45) is 0 Å². The Balaban J connectivity index is 2.41. The summed E-state index contributed by atoms with van der Waals surface area (Å²) < 4.78 is 2.23. The third-order valence-corrected chi connectivity index (χ3v) is 3.36. The molecule has 3 nitrogen and oxygen atoms in total. The molecule has 0 bridgehead atoms. The van der Waals surface area contributed by atoms with Crippen molar-refractivity contribution in [1.82, 2.24) is 14.9 Å². The van der Waals surface area contributed by atoms with E-state index in [1.165, 1.54) is 11.1 Å². The molecule has 2 rings (SSSR count). The van der Waals surface area contributed by atoms with Gasteiger partial charge in [0.1, 0.15) is 5.82 Å². The first-order valence-corrected chi connectivity index (χ1v) is 7.11. The fourth-order valence-corrected chi connectivity index (χ4v) is 2.47. The second kappa shape index (κ2) is 6.53. The summed E-state index contributed by atoms with van der Waals surface area (Å²) in [4.78, 5) is 4.54. The number of hydrogen-bond donors (Lipinski definition) is 1. The molecular formula is C16H23N3. The molecule has 0 spiro atoms. The van der Waals surface area contributed by atoms with Crippen LogP contribution in [0.4, 0.5) is 0 Å². The van der Waals surface area contributed by atoms with Gasteiger partial charge in [-0.3, -0.25) is 0 Å². The van der Waals surface area contributed by atoms with Crippen molar-refractivity contribution in [1.29, 1.82) is 0 Å². The van der Waals surface area contributed by atoms with Crippen molar-refractivity contribution < 1.29 is 0 Å². The molecule has 1 aromatic carbocycles. The summed E-state index contributed by atoms with van der Waals surface area (Å²) in [5.74, 6) is 1.07. The lowest BCUT2D eigenvalue weighted by Gasteiger charge is -2.17. The van der Waals surface area contributed by atoms with Gasteiger partial charge >= 0.3 is 0 Å². The average Bonchev–Trinajstić information content (AvgIpc) is 2.87. The van der Waals surface area contributed by atoms with E-state index in [0.717, 1.165) is 25.3 Å². The highest BCUT2D eigenvalue weighted by Crippen LogP contribution is 2.27. The number of aryl methyl sites for hydroxylation is 1. The second-order valence-corrected chi connectivity index (χ2v) is 4.81. The summed E-state index contributed by atoms with van der Waals surface area (Å²) in [6.45, 7) is 8.52. The SMILES string of the molecule is CCCn1ccnc1-c1ccccc1C(C)NCC. The molecule has 0 saturated heterocycles. The molecule has 0 fully saturated rings. The van der Waals surface area contributed by atoms with E-state index in [9.17, 15) is 0 Å². The third-order valence-electron chi connectivity index (χ3n) is 3.36. The van der Waals surface area contributed by atoms with E-state index >= 15 is 0 Å². The molecule has 1 aromatic heterocycles. The highest BCUT2D eigenvalue weighted by molar-refractivity contribution is 5.61. The maximum Gasteiger partial charge on any atom is 0.140 e. The first-order chi connectivity index (χ1) is 9.27. The van der Waals surface area contributed by atoms with Crippen LogP contribution in [-0.4, -0.2) is 16.1 Å². The normalized spacial score (nSPS) is 12.6. The van der Waals surface area contributed by atoms with Crippen molar-refractivity contribution in [3.05, 3.63) is 42.2 Å². The Hall–Kier alpha value is -1.61. The molecule has 0 saturated carbocycles. The number of nitrogens with zero attached hydrogens (tertiary/aromatic N) is 2. The monoisotopic (exact) mass is 257 g/mol. The molecule has 1 heterocycles. The van der Waals surface area contributed by atoms with Gasteiger partial charge in [0.2, 0.25) is 0 Å². The Morgan fingerprint density at radius 1 is 1.26 bits per heavy atom. The predicted molar refractivity (Wildman–Crippen MR) is 80.0 cm³/mol. The van der Waals surface area contributed by atoms with Crippen molar-refractivity contribution >= 4 is 0 Å². The van der Waals surface area contributed by atoms with E-state index in [1.54, 1.807) is 0 Å². The number of nitrogens with one attached hydrogen (secondary N) is 1. The van der Waals surface area contributed by atoms with Crippen LogP contribution in [0.5, 0.6) is 0 Å². The van der Waals surface area contributed by atoms with Gasteiger partial charge in [-0.05, 0) is 25.5 Å². The highest BCUT2D eigenvalue weighted by Gasteiger charge is 2.14. The molecule has 0 aliphatic carbocycles. The van der Waals surface area contributed by atoms with Crippen LogP contribution in [0.15, 0.2) is 36.7 Å². The number of hydrogen-bond acceptors (Lipinski definition) is 2. The molecule has 0 amide bonds. The molecule has 0 radical (unpaired) electrons. The van der Waals surface area contributed by atoms with Gasteiger partial charge in [-0.15, -0.1) is 0 Å². The van der Waals surface area contributed by atoms with Crippen LogP contribution in [0, 0.1) is 0 Å². The van der Waals surface area contributed by atoms with Gasteiger partial charge in [0.25, 0.3) is 0 Å². The fraction of sp³-hybridized carbons (Fsp3) is 0.438. The molecule has 2 aromatic rings. The lowest BCUT2D eigenvalue weighted by molar-refractivity contribution is 0.597. The van der Waals surface area contributed by atoms with Gasteiger partial charge in [0.15, 0.2) is 0 Å². The van der Waals surface area contributed by atoms with Gasteiger partial charge in [-0.2, -0.15) is 0 Å². The largest absolute Gasteiger partial charge is 0.331 e. The second-order valence-electron chi connectivity index (χ2n) is 4.81. The minimum absolute atomic E-state index is 0.341. The van der Waals surface area contributed by atoms with Crippen LogP contribution in [-0.2, 0) is 6.54 Å². The van der Waals surface area contributed by atoms with Crippen LogP contribution in [0.3, 0.4) is 0 Å². The van der Waals surface area contributed by atoms with E-state index in [1.807, 2.05) is 6.20 Å². The molecule has 19 heavy (non-hydrogen) atoms. The summed E-state index contributed by atoms with van der Waals surface area (Å²) in [7, 11) is 0. The number of benzene rings is 1. The van der Waals surface area contributed by atoms with E-state index in [2.05, 4.69) is 66.1 Å². The van der Waals surface area contributed by atoms with Crippen molar-refractivity contribution in [3.63, 3.8) is 0 Å². The van der Waals surface area contributed by atoms with Gasteiger partial charge in [-0.1, -0.05) is 38.1 Å². The summed E-state index contributed by atoms with van der Waals surface area (Å²) in [5.41, 5.74) is 2.54. The van der Waals surface area contributed by atoms with Gasteiger partial charge < -0.3 is 9.88 Å². The Kier molecular flexibility index (Phi) is 4.74. The standard InChI is InChI=1S/C16H23N3/c1-4-11-19-12-10-18-16(19)15-9-7-6-8-14(15)13(3)17-5-2/h6-10,12-13,17H,4-5,11H2,1-3H3. The molecule has 102 valence electrons. The first-order valence-electron chi connectivity index (χ1n) is 7.11. The topological polar surface area (TPSA) is 29.9 Å². The quantitative estimate of drug-likeness (QED) is 0.856. The molecular weight excluding hydrogens is 234 g/mol. The molecule has 1 unspecified atom stereocenters. The smallest absolute Gasteiger partial charge is 0.140 e. The van der Waals surface area contributed by atoms with E-state index in [-0.39, 0.29) is 0 Å². The molecule has 1 N–H and O–H groups in total. The third kappa shape index (κ3) is 3.04. The van der Waals surface area contributed by atoms with Crippen LogP contribution in [0.2, 0.25) is 0 Å². The summed E-state index contributed by atoms with van der Waals surface area (Å²) >= 11 is 0. The Labute approximate surface area is 115 Å². The lowest BCUT2D eigenvalue weighted by Crippen LogP contribution is -2.18. The number of imidazole rings is 1. The fourth-order valence-electron chi connectivity index (χ4n) is 2.47. The summed E-state index contributed by atoms with van der Waals surface area (Å²) in [5, 5.41) is 3.48. The van der Waals surface area contributed by atoms with Crippen LogP contribution in [0.25, 0.3) is 11.4 Å². The number of aromatic nitrogens is 2. The average molecular weight is 257 g/mol. The highest BCUT2D eigenvalue weighted by atomic mass is 15.1.